The van der Waals surface area contributed by atoms with Crippen LogP contribution in [0.4, 0.5) is 11.5 Å². The van der Waals surface area contributed by atoms with Crippen molar-refractivity contribution in [2.75, 3.05) is 5.32 Å². The topological polar surface area (TPSA) is 37.8 Å². The molecule has 0 spiro atoms. The maximum atomic E-state index is 4.57. The van der Waals surface area contributed by atoms with E-state index in [0.717, 1.165) is 21.9 Å². The monoisotopic (exact) mass is 415 g/mol. The second-order valence-electron chi connectivity index (χ2n) is 4.34. The number of nitrogens with one attached hydrogen (secondary N) is 1. The summed E-state index contributed by atoms with van der Waals surface area (Å²) >= 11 is 5.74. The molecule has 1 aromatic carbocycles. The number of rotatable bonds is 3. The molecule has 0 aliphatic heterocycles. The second-order valence-corrected chi connectivity index (χ2v) is 6.40. The summed E-state index contributed by atoms with van der Waals surface area (Å²) in [4.78, 5) is 8.98. The molecule has 0 saturated heterocycles. The van der Waals surface area contributed by atoms with Crippen LogP contribution >= 0.6 is 38.5 Å². The van der Waals surface area contributed by atoms with Crippen LogP contribution in [0.1, 0.15) is 24.6 Å². The Bertz CT molecular complexity index is 584. The van der Waals surface area contributed by atoms with Crippen LogP contribution in [0.5, 0.6) is 0 Å². The van der Waals surface area contributed by atoms with Gasteiger partial charge in [0.25, 0.3) is 0 Å². The summed E-state index contributed by atoms with van der Waals surface area (Å²) in [6.45, 7) is 0. The molecule has 3 nitrogen and oxygen atoms in total. The third-order valence-corrected chi connectivity index (χ3v) is 3.83. The van der Waals surface area contributed by atoms with Gasteiger partial charge in [0.2, 0.25) is 0 Å². The largest absolute Gasteiger partial charge is 0.340 e. The van der Waals surface area contributed by atoms with Gasteiger partial charge < -0.3 is 5.32 Å². The summed E-state index contributed by atoms with van der Waals surface area (Å²) in [5.41, 5.74) is 1.05. The minimum absolute atomic E-state index is 0.555. The first-order chi connectivity index (χ1) is 8.70. The third-order valence-electron chi connectivity index (χ3n) is 2.75. The molecule has 0 atom stereocenters. The van der Waals surface area contributed by atoms with E-state index >= 15 is 0 Å². The van der Waals surface area contributed by atoms with Crippen LogP contribution in [-0.4, -0.2) is 9.97 Å². The standard InChI is InChI=1S/C13H11BrIN3/c14-11-7-12(18-13(17-11)8-4-5-8)16-10-3-1-2-9(15)6-10/h1-3,6-8H,4-5H2,(H,16,17,18). The van der Waals surface area contributed by atoms with E-state index in [2.05, 4.69) is 65.9 Å². The Morgan fingerprint density at radius 3 is 2.78 bits per heavy atom. The Balaban J connectivity index is 1.87. The van der Waals surface area contributed by atoms with Crippen molar-refractivity contribution in [3.05, 3.63) is 44.3 Å². The van der Waals surface area contributed by atoms with Gasteiger partial charge >= 0.3 is 0 Å². The molecule has 5 heteroatoms. The van der Waals surface area contributed by atoms with E-state index in [1.165, 1.54) is 16.4 Å². The lowest BCUT2D eigenvalue weighted by molar-refractivity contribution is 0.919. The van der Waals surface area contributed by atoms with Gasteiger partial charge in [0.15, 0.2) is 0 Å². The van der Waals surface area contributed by atoms with Crippen LogP contribution in [-0.2, 0) is 0 Å². The van der Waals surface area contributed by atoms with Crippen molar-refractivity contribution >= 4 is 50.0 Å². The molecule has 2 aromatic rings. The molecule has 92 valence electrons. The SMILES string of the molecule is Brc1cc(Nc2cccc(I)c2)nc(C2CC2)n1. The van der Waals surface area contributed by atoms with Crippen molar-refractivity contribution in [3.63, 3.8) is 0 Å². The van der Waals surface area contributed by atoms with Crippen LogP contribution in [0.15, 0.2) is 34.9 Å². The van der Waals surface area contributed by atoms with E-state index in [0.29, 0.717) is 5.92 Å². The average molecular weight is 416 g/mol. The molecule has 1 aliphatic carbocycles. The number of nitrogens with zero attached hydrogens (tertiary/aromatic N) is 2. The van der Waals surface area contributed by atoms with Gasteiger partial charge in [0.1, 0.15) is 16.2 Å². The highest BCUT2D eigenvalue weighted by atomic mass is 127. The number of hydrogen-bond donors (Lipinski definition) is 1. The summed E-state index contributed by atoms with van der Waals surface area (Å²) in [6, 6.07) is 10.1. The Morgan fingerprint density at radius 1 is 1.22 bits per heavy atom. The predicted octanol–water partition coefficient (Wildman–Crippen LogP) is 4.46. The summed E-state index contributed by atoms with van der Waals surface area (Å²) in [7, 11) is 0. The predicted molar refractivity (Wildman–Crippen MR) is 84.1 cm³/mol. The Labute approximate surface area is 128 Å². The lowest BCUT2D eigenvalue weighted by Gasteiger charge is -2.08. The zero-order chi connectivity index (χ0) is 12.5. The van der Waals surface area contributed by atoms with E-state index in [-0.39, 0.29) is 0 Å². The quantitative estimate of drug-likeness (QED) is 0.593. The maximum Gasteiger partial charge on any atom is 0.135 e. The Hall–Kier alpha value is -0.690. The first kappa shape index (κ1) is 12.3. The molecule has 1 aliphatic rings. The number of anilines is 2. The van der Waals surface area contributed by atoms with Gasteiger partial charge in [-0.3, -0.25) is 0 Å². The molecule has 1 heterocycles. The molecule has 3 rings (SSSR count). The van der Waals surface area contributed by atoms with Crippen LogP contribution in [0.2, 0.25) is 0 Å². The lowest BCUT2D eigenvalue weighted by atomic mass is 10.3. The van der Waals surface area contributed by atoms with Gasteiger partial charge in [-0.1, -0.05) is 6.07 Å². The lowest BCUT2D eigenvalue weighted by Crippen LogP contribution is -1.99. The Morgan fingerprint density at radius 2 is 2.06 bits per heavy atom. The van der Waals surface area contributed by atoms with E-state index in [4.69, 9.17) is 0 Å². The summed E-state index contributed by atoms with van der Waals surface area (Å²) in [6.07, 6.45) is 2.41. The van der Waals surface area contributed by atoms with Crippen molar-refractivity contribution in [1.29, 1.82) is 0 Å². The highest BCUT2D eigenvalue weighted by Gasteiger charge is 2.27. The van der Waals surface area contributed by atoms with Crippen molar-refractivity contribution in [2.45, 2.75) is 18.8 Å². The Kier molecular flexibility index (Phi) is 3.52. The molecule has 0 unspecified atom stereocenters. The minimum atomic E-state index is 0.555. The van der Waals surface area contributed by atoms with Crippen LogP contribution in [0.3, 0.4) is 0 Å². The van der Waals surface area contributed by atoms with E-state index < -0.39 is 0 Å². The first-order valence-electron chi connectivity index (χ1n) is 5.78. The maximum absolute atomic E-state index is 4.57. The molecule has 0 radical (unpaired) electrons. The number of hydrogen-bond acceptors (Lipinski definition) is 3. The van der Waals surface area contributed by atoms with E-state index in [1.807, 2.05) is 18.2 Å². The molecule has 1 aromatic heterocycles. The number of aromatic nitrogens is 2. The number of benzene rings is 1. The van der Waals surface area contributed by atoms with Gasteiger partial charge in [-0.05, 0) is 69.6 Å². The fourth-order valence-electron chi connectivity index (χ4n) is 1.74. The second kappa shape index (κ2) is 5.13. The zero-order valence-corrected chi connectivity index (χ0v) is 13.3. The van der Waals surface area contributed by atoms with Gasteiger partial charge in [0, 0.05) is 21.2 Å². The zero-order valence-electron chi connectivity index (χ0n) is 9.53. The van der Waals surface area contributed by atoms with Gasteiger partial charge in [-0.15, -0.1) is 0 Å². The number of halogens is 2. The highest BCUT2D eigenvalue weighted by Crippen LogP contribution is 2.39. The molecular formula is C13H11BrIN3. The molecule has 1 fully saturated rings. The van der Waals surface area contributed by atoms with Crippen LogP contribution in [0.25, 0.3) is 0 Å². The van der Waals surface area contributed by atoms with E-state index in [9.17, 15) is 0 Å². The molecule has 1 N–H and O–H groups in total. The fraction of sp³-hybridized carbons (Fsp3) is 0.231. The van der Waals surface area contributed by atoms with Crippen molar-refractivity contribution in [1.82, 2.24) is 9.97 Å². The van der Waals surface area contributed by atoms with Gasteiger partial charge in [-0.25, -0.2) is 9.97 Å². The summed E-state index contributed by atoms with van der Waals surface area (Å²) in [5, 5.41) is 3.32. The molecule has 0 amide bonds. The fourth-order valence-corrected chi connectivity index (χ4v) is 2.68. The highest BCUT2D eigenvalue weighted by molar-refractivity contribution is 14.1. The summed E-state index contributed by atoms with van der Waals surface area (Å²) in [5.74, 6) is 2.34. The van der Waals surface area contributed by atoms with Crippen molar-refractivity contribution < 1.29 is 0 Å². The third kappa shape index (κ3) is 3.00. The van der Waals surface area contributed by atoms with Crippen molar-refractivity contribution in [2.24, 2.45) is 0 Å². The summed E-state index contributed by atoms with van der Waals surface area (Å²) < 4.78 is 2.04. The normalized spacial score (nSPS) is 14.6. The van der Waals surface area contributed by atoms with Crippen molar-refractivity contribution in [3.8, 4) is 0 Å². The molecular weight excluding hydrogens is 405 g/mol. The smallest absolute Gasteiger partial charge is 0.135 e. The van der Waals surface area contributed by atoms with Crippen LogP contribution in [0, 0.1) is 3.57 Å². The molecule has 0 bridgehead atoms. The average Bonchev–Trinajstić information content (AvgIpc) is 3.11. The first-order valence-corrected chi connectivity index (χ1v) is 7.65. The molecule has 1 saturated carbocycles. The van der Waals surface area contributed by atoms with Crippen LogP contribution < -0.4 is 5.32 Å². The minimum Gasteiger partial charge on any atom is -0.340 e. The molecule has 18 heavy (non-hydrogen) atoms. The van der Waals surface area contributed by atoms with E-state index in [1.54, 1.807) is 0 Å². The van der Waals surface area contributed by atoms with Gasteiger partial charge in [-0.2, -0.15) is 0 Å². The van der Waals surface area contributed by atoms with Gasteiger partial charge in [0.05, 0.1) is 0 Å².